The molecule has 0 aromatic rings. The first-order chi connectivity index (χ1) is 7.00. The Morgan fingerprint density at radius 1 is 1.07 bits per heavy atom. The molecule has 0 bridgehead atoms. The topological polar surface area (TPSA) is 57.5 Å². The van der Waals surface area contributed by atoms with E-state index in [0.717, 1.165) is 13.3 Å². The van der Waals surface area contributed by atoms with Gasteiger partial charge in [-0.25, -0.2) is 0 Å². The number of carbonyl (C=O) groups is 1. The predicted octanol–water partition coefficient (Wildman–Crippen LogP) is 2.99. The summed E-state index contributed by atoms with van der Waals surface area (Å²) in [5.41, 5.74) is 1.41. The number of aliphatic hydroxyl groups excluding tert-OH is 1. The number of rotatable bonds is 6. The average Bonchev–Trinajstić information content (AvgIpc) is 2.09. The van der Waals surface area contributed by atoms with Crippen molar-refractivity contribution in [3.05, 3.63) is 11.6 Å². The molecule has 0 aromatic carbocycles. The smallest absolute Gasteiger partial charge is 0.300 e. The van der Waals surface area contributed by atoms with Crippen molar-refractivity contribution in [2.24, 2.45) is 0 Å². The lowest BCUT2D eigenvalue weighted by molar-refractivity contribution is -0.134. The predicted molar refractivity (Wildman–Crippen MR) is 62.9 cm³/mol. The molecule has 2 N–H and O–H groups in total. The van der Waals surface area contributed by atoms with Crippen LogP contribution in [-0.2, 0) is 4.79 Å². The lowest BCUT2D eigenvalue weighted by atomic mass is 10.1. The third kappa shape index (κ3) is 32.0. The first kappa shape index (κ1) is 16.6. The molecule has 0 unspecified atom stereocenters. The maximum atomic E-state index is 9.00. The highest BCUT2D eigenvalue weighted by Gasteiger charge is 1.86. The van der Waals surface area contributed by atoms with Gasteiger partial charge in [0.2, 0.25) is 0 Å². The Kier molecular flexibility index (Phi) is 14.6. The molecule has 0 saturated carbocycles. The van der Waals surface area contributed by atoms with Gasteiger partial charge in [-0.3, -0.25) is 4.79 Å². The molecule has 0 aliphatic heterocycles. The van der Waals surface area contributed by atoms with Gasteiger partial charge in [0.1, 0.15) is 0 Å². The lowest BCUT2D eigenvalue weighted by Crippen LogP contribution is -1.82. The summed E-state index contributed by atoms with van der Waals surface area (Å²) in [7, 11) is 0. The van der Waals surface area contributed by atoms with Crippen LogP contribution in [0.3, 0.4) is 0 Å². The molecule has 0 saturated heterocycles. The van der Waals surface area contributed by atoms with E-state index >= 15 is 0 Å². The van der Waals surface area contributed by atoms with Crippen molar-refractivity contribution in [3.63, 3.8) is 0 Å². The van der Waals surface area contributed by atoms with Gasteiger partial charge in [-0.1, -0.05) is 24.5 Å². The monoisotopic (exact) mass is 216 g/mol. The van der Waals surface area contributed by atoms with Crippen LogP contribution in [0.15, 0.2) is 11.6 Å². The third-order valence-corrected chi connectivity index (χ3v) is 1.66. The van der Waals surface area contributed by atoms with Crippen LogP contribution < -0.4 is 0 Å². The van der Waals surface area contributed by atoms with Crippen LogP contribution >= 0.6 is 0 Å². The Morgan fingerprint density at radius 3 is 1.93 bits per heavy atom. The summed E-state index contributed by atoms with van der Waals surface area (Å²) in [5, 5.41) is 15.9. The van der Waals surface area contributed by atoms with E-state index in [4.69, 9.17) is 15.0 Å². The van der Waals surface area contributed by atoms with E-state index in [-0.39, 0.29) is 0 Å². The molecule has 0 amide bonds. The first-order valence-corrected chi connectivity index (χ1v) is 5.44. The van der Waals surface area contributed by atoms with Crippen molar-refractivity contribution in [1.82, 2.24) is 0 Å². The standard InChI is InChI=1S/C10H20O.C2H4O2/c1-10(2)8-6-4-3-5-7-9-11;1-2(3)4/h8,11H,3-7,9H2,1-2H3;1H3,(H,3,4). The fourth-order valence-electron chi connectivity index (χ4n) is 1.00. The molecule has 0 fully saturated rings. The number of aliphatic carboxylic acids is 1. The van der Waals surface area contributed by atoms with Crippen LogP contribution in [0.1, 0.15) is 52.9 Å². The van der Waals surface area contributed by atoms with E-state index in [2.05, 4.69) is 19.9 Å². The Balaban J connectivity index is 0. The molecule has 0 rings (SSSR count). The van der Waals surface area contributed by atoms with E-state index in [9.17, 15) is 0 Å². The average molecular weight is 216 g/mol. The van der Waals surface area contributed by atoms with Crippen molar-refractivity contribution in [2.75, 3.05) is 6.61 Å². The van der Waals surface area contributed by atoms with Gasteiger partial charge in [0.15, 0.2) is 0 Å². The largest absolute Gasteiger partial charge is 0.481 e. The molecule has 0 spiro atoms. The summed E-state index contributed by atoms with van der Waals surface area (Å²) >= 11 is 0. The minimum absolute atomic E-state index is 0.350. The maximum Gasteiger partial charge on any atom is 0.300 e. The van der Waals surface area contributed by atoms with Crippen LogP contribution in [0, 0.1) is 0 Å². The quantitative estimate of drug-likeness (QED) is 0.530. The number of carboxylic acids is 1. The molecular formula is C12H24O3. The van der Waals surface area contributed by atoms with E-state index in [0.29, 0.717) is 6.61 Å². The second-order valence-corrected chi connectivity index (χ2v) is 3.73. The Bertz CT molecular complexity index is 166. The summed E-state index contributed by atoms with van der Waals surface area (Å²) in [6, 6.07) is 0. The fourth-order valence-corrected chi connectivity index (χ4v) is 1.00. The molecule has 3 nitrogen and oxygen atoms in total. The van der Waals surface area contributed by atoms with Crippen molar-refractivity contribution in [3.8, 4) is 0 Å². The second kappa shape index (κ2) is 13.2. The van der Waals surface area contributed by atoms with Crippen molar-refractivity contribution >= 4 is 5.97 Å². The van der Waals surface area contributed by atoms with E-state index in [1.165, 1.54) is 31.3 Å². The third-order valence-electron chi connectivity index (χ3n) is 1.66. The van der Waals surface area contributed by atoms with Crippen LogP contribution in [0.2, 0.25) is 0 Å². The second-order valence-electron chi connectivity index (χ2n) is 3.73. The summed E-state index contributed by atoms with van der Waals surface area (Å²) in [5.74, 6) is -0.833. The zero-order chi connectivity index (χ0) is 12.1. The van der Waals surface area contributed by atoms with Gasteiger partial charge in [0, 0.05) is 13.5 Å². The van der Waals surface area contributed by atoms with Crippen LogP contribution in [0.25, 0.3) is 0 Å². The van der Waals surface area contributed by atoms with Gasteiger partial charge in [0.25, 0.3) is 5.97 Å². The zero-order valence-electron chi connectivity index (χ0n) is 10.1. The number of unbranched alkanes of at least 4 members (excludes halogenated alkanes) is 4. The molecule has 0 aromatic heterocycles. The number of hydrogen-bond acceptors (Lipinski definition) is 2. The minimum atomic E-state index is -0.833. The van der Waals surface area contributed by atoms with Crippen LogP contribution in [0.5, 0.6) is 0 Å². The Morgan fingerprint density at radius 2 is 1.53 bits per heavy atom. The molecule has 90 valence electrons. The molecule has 0 atom stereocenters. The van der Waals surface area contributed by atoms with Crippen LogP contribution in [0.4, 0.5) is 0 Å². The molecule has 0 radical (unpaired) electrons. The maximum absolute atomic E-state index is 9.00. The number of hydrogen-bond donors (Lipinski definition) is 2. The SMILES string of the molecule is CC(=O)O.CC(C)=CCCCCCCO. The summed E-state index contributed by atoms with van der Waals surface area (Å²) in [6.45, 7) is 5.70. The van der Waals surface area contributed by atoms with Gasteiger partial charge in [0.05, 0.1) is 0 Å². The molecule has 0 heterocycles. The number of carboxylic acid groups (broad SMARTS) is 1. The Labute approximate surface area is 92.8 Å². The van der Waals surface area contributed by atoms with Gasteiger partial charge >= 0.3 is 0 Å². The van der Waals surface area contributed by atoms with E-state index in [1.807, 2.05) is 0 Å². The lowest BCUT2D eigenvalue weighted by Gasteiger charge is -1.96. The van der Waals surface area contributed by atoms with Crippen molar-refractivity contribution in [2.45, 2.75) is 52.9 Å². The summed E-state index contributed by atoms with van der Waals surface area (Å²) < 4.78 is 0. The van der Waals surface area contributed by atoms with E-state index in [1.54, 1.807) is 0 Å². The highest BCUT2D eigenvalue weighted by Crippen LogP contribution is 2.04. The summed E-state index contributed by atoms with van der Waals surface area (Å²) in [6.07, 6.45) is 8.14. The van der Waals surface area contributed by atoms with Crippen molar-refractivity contribution in [1.29, 1.82) is 0 Å². The molecular weight excluding hydrogens is 192 g/mol. The van der Waals surface area contributed by atoms with Gasteiger partial charge < -0.3 is 10.2 Å². The van der Waals surface area contributed by atoms with Crippen LogP contribution in [-0.4, -0.2) is 22.8 Å². The number of aliphatic hydroxyl groups is 1. The van der Waals surface area contributed by atoms with E-state index < -0.39 is 5.97 Å². The fraction of sp³-hybridized carbons (Fsp3) is 0.750. The highest BCUT2D eigenvalue weighted by molar-refractivity contribution is 5.62. The molecule has 15 heavy (non-hydrogen) atoms. The highest BCUT2D eigenvalue weighted by atomic mass is 16.4. The summed E-state index contributed by atoms with van der Waals surface area (Å²) in [4.78, 5) is 9.00. The molecule has 3 heteroatoms. The van der Waals surface area contributed by atoms with Gasteiger partial charge in [-0.2, -0.15) is 0 Å². The molecule has 0 aliphatic carbocycles. The van der Waals surface area contributed by atoms with Gasteiger partial charge in [-0.15, -0.1) is 0 Å². The first-order valence-electron chi connectivity index (χ1n) is 5.44. The number of allylic oxidation sites excluding steroid dienone is 2. The molecule has 0 aliphatic rings. The normalized spacial score (nSPS) is 8.80. The minimum Gasteiger partial charge on any atom is -0.481 e. The van der Waals surface area contributed by atoms with Gasteiger partial charge in [-0.05, 0) is 33.1 Å². The Hall–Kier alpha value is -0.830. The zero-order valence-corrected chi connectivity index (χ0v) is 10.1. The van der Waals surface area contributed by atoms with Crippen molar-refractivity contribution < 1.29 is 15.0 Å².